The number of rotatable bonds is 8. The Kier molecular flexibility index (Phi) is 7.79. The van der Waals surface area contributed by atoms with E-state index < -0.39 is 0 Å². The molecule has 0 aromatic heterocycles. The van der Waals surface area contributed by atoms with E-state index in [0.717, 1.165) is 50.1 Å². The van der Waals surface area contributed by atoms with Crippen molar-refractivity contribution >= 4 is 29.3 Å². The summed E-state index contributed by atoms with van der Waals surface area (Å²) in [4.78, 5) is 33.9. The summed E-state index contributed by atoms with van der Waals surface area (Å²) in [6, 6.07) is 16.3. The number of quaternary nitrogens is 1. The van der Waals surface area contributed by atoms with Crippen molar-refractivity contribution in [3.05, 3.63) is 70.3 Å². The molecule has 2 amide bonds. The molecule has 0 bridgehead atoms. The number of nitrogens with one attached hydrogen (secondary N) is 1. The summed E-state index contributed by atoms with van der Waals surface area (Å²) in [5.74, 6) is -0.438. The van der Waals surface area contributed by atoms with Gasteiger partial charge in [-0.3, -0.25) is 9.59 Å². The highest BCUT2D eigenvalue weighted by molar-refractivity contribution is 8.04. The van der Waals surface area contributed by atoms with Crippen LogP contribution in [0.3, 0.4) is 0 Å². The summed E-state index contributed by atoms with van der Waals surface area (Å²) in [5.41, 5.74) is 3.59. The molecule has 2 aliphatic heterocycles. The zero-order valence-electron chi connectivity index (χ0n) is 20.8. The summed E-state index contributed by atoms with van der Waals surface area (Å²) >= 11 is 1.41. The number of piperidine rings is 1. The lowest BCUT2D eigenvalue weighted by Crippen LogP contribution is -3.10. The topological polar surface area (TPSA) is 45.1 Å². The van der Waals surface area contributed by atoms with Crippen LogP contribution in [0.15, 0.2) is 64.0 Å². The highest BCUT2D eigenvalue weighted by Crippen LogP contribution is 2.39. The molecule has 0 aliphatic carbocycles. The molecule has 5 nitrogen and oxygen atoms in total. The van der Waals surface area contributed by atoms with E-state index in [9.17, 15) is 9.59 Å². The average Bonchev–Trinajstić information content (AvgIpc) is 3.08. The maximum absolute atomic E-state index is 13.8. The fourth-order valence-electron chi connectivity index (χ4n) is 4.72. The van der Waals surface area contributed by atoms with E-state index in [0.29, 0.717) is 16.3 Å². The Hall–Kier alpha value is -2.57. The van der Waals surface area contributed by atoms with Gasteiger partial charge in [0.1, 0.15) is 10.6 Å². The summed E-state index contributed by atoms with van der Waals surface area (Å²) in [6.45, 7) is 6.38. The molecule has 180 valence electrons. The van der Waals surface area contributed by atoms with Gasteiger partial charge in [0, 0.05) is 30.8 Å². The number of hydrogen-bond acceptors (Lipinski definition) is 4. The van der Waals surface area contributed by atoms with Crippen molar-refractivity contribution in [3.8, 4) is 0 Å². The molecule has 2 aromatic carbocycles. The van der Waals surface area contributed by atoms with Gasteiger partial charge >= 0.3 is 0 Å². The smallest absolute Gasteiger partial charge is 0.283 e. The van der Waals surface area contributed by atoms with Gasteiger partial charge in [-0.25, -0.2) is 4.90 Å². The maximum atomic E-state index is 13.8. The molecular weight excluding hydrogens is 442 g/mol. The van der Waals surface area contributed by atoms with Crippen molar-refractivity contribution in [1.82, 2.24) is 4.90 Å². The van der Waals surface area contributed by atoms with Crippen LogP contribution in [-0.2, 0) is 16.0 Å². The van der Waals surface area contributed by atoms with Crippen LogP contribution in [0.5, 0.6) is 0 Å². The van der Waals surface area contributed by atoms with Gasteiger partial charge in [0.15, 0.2) is 0 Å². The first-order chi connectivity index (χ1) is 16.4. The van der Waals surface area contributed by atoms with Crippen molar-refractivity contribution in [2.75, 3.05) is 32.1 Å². The van der Waals surface area contributed by atoms with Gasteiger partial charge in [-0.15, -0.1) is 0 Å². The molecule has 1 fully saturated rings. The van der Waals surface area contributed by atoms with E-state index >= 15 is 0 Å². The number of amides is 2. The van der Waals surface area contributed by atoms with Crippen molar-refractivity contribution in [1.29, 1.82) is 0 Å². The molecule has 1 N–H and O–H groups in total. The Morgan fingerprint density at radius 2 is 1.65 bits per heavy atom. The van der Waals surface area contributed by atoms with E-state index in [2.05, 4.69) is 18.9 Å². The van der Waals surface area contributed by atoms with Gasteiger partial charge in [0.25, 0.3) is 11.8 Å². The fraction of sp³-hybridized carbons (Fsp3) is 0.429. The second-order valence-corrected chi connectivity index (χ2v) is 10.7. The molecule has 2 aliphatic rings. The average molecular weight is 479 g/mol. The Balaban J connectivity index is 1.65. The highest BCUT2D eigenvalue weighted by atomic mass is 32.2. The quantitative estimate of drug-likeness (QED) is 0.586. The van der Waals surface area contributed by atoms with Gasteiger partial charge in [0.2, 0.25) is 0 Å². The molecule has 0 radical (unpaired) electrons. The molecule has 1 saturated heterocycles. The first kappa shape index (κ1) is 24.6. The van der Waals surface area contributed by atoms with Gasteiger partial charge in [0.05, 0.1) is 25.8 Å². The summed E-state index contributed by atoms with van der Waals surface area (Å²) in [5, 5.41) is 0. The molecule has 0 atom stereocenters. The number of carbonyl (C=O) groups excluding carboxylic acids is 2. The summed E-state index contributed by atoms with van der Waals surface area (Å²) in [7, 11) is 4.20. The van der Waals surface area contributed by atoms with Crippen LogP contribution in [0.2, 0.25) is 0 Å². The summed E-state index contributed by atoms with van der Waals surface area (Å²) in [6.07, 6.45) is 5.32. The number of aryl methyl sites for hydroxylation is 2. The molecule has 0 saturated carbocycles. The second-order valence-electron chi connectivity index (χ2n) is 9.61. The molecule has 2 aromatic rings. The van der Waals surface area contributed by atoms with E-state index in [4.69, 9.17) is 0 Å². The zero-order valence-corrected chi connectivity index (χ0v) is 21.6. The number of anilines is 1. The molecular formula is C28H36N3O2S+. The number of hydrogen-bond donors (Lipinski definition) is 1. The lowest BCUT2D eigenvalue weighted by atomic mass is 10.0. The van der Waals surface area contributed by atoms with Crippen LogP contribution in [0.4, 0.5) is 5.69 Å². The standard InChI is InChI=1S/C28H35N3O2S/c1-5-6-7-21-10-12-23(13-11-21)31-27(32)25(30(4)22-16-18-29(3)19-17-22)26(28(31)33)34-24-14-8-20(2)9-15-24/h8-15,22H,5-7,16-19H2,1-4H3/p+1. The van der Waals surface area contributed by atoms with Gasteiger partial charge < -0.3 is 9.80 Å². The zero-order chi connectivity index (χ0) is 24.2. The number of benzene rings is 2. The van der Waals surface area contributed by atoms with Gasteiger partial charge in [-0.05, 0) is 49.6 Å². The third kappa shape index (κ3) is 5.23. The number of unbranched alkanes of at least 4 members (excludes halogenated alkanes) is 1. The Labute approximate surface area is 207 Å². The summed E-state index contributed by atoms with van der Waals surface area (Å²) < 4.78 is 0. The van der Waals surface area contributed by atoms with E-state index in [1.54, 1.807) is 0 Å². The SMILES string of the molecule is CCCCc1ccc(N2C(=O)C(Sc3ccc(C)cc3)=C(N(C)C3CC[NH+](C)CC3)C2=O)cc1. The second kappa shape index (κ2) is 10.8. The van der Waals surface area contributed by atoms with Gasteiger partial charge in [-0.1, -0.05) is 54.9 Å². The third-order valence-electron chi connectivity index (χ3n) is 6.98. The van der Waals surface area contributed by atoms with Crippen LogP contribution in [-0.4, -0.2) is 49.9 Å². The van der Waals surface area contributed by atoms with E-state index in [1.165, 1.54) is 32.7 Å². The number of imide groups is 1. The van der Waals surface area contributed by atoms with Crippen LogP contribution in [0.25, 0.3) is 0 Å². The Bertz CT molecular complexity index is 1050. The van der Waals surface area contributed by atoms with Crippen molar-refractivity contribution in [2.45, 2.75) is 56.9 Å². The lowest BCUT2D eigenvalue weighted by molar-refractivity contribution is -0.885. The molecule has 0 spiro atoms. The molecule has 4 rings (SSSR count). The monoisotopic (exact) mass is 478 g/mol. The van der Waals surface area contributed by atoms with Crippen molar-refractivity contribution in [3.63, 3.8) is 0 Å². The maximum Gasteiger partial charge on any atom is 0.283 e. The third-order valence-corrected chi connectivity index (χ3v) is 8.06. The number of carbonyl (C=O) groups is 2. The molecule has 34 heavy (non-hydrogen) atoms. The van der Waals surface area contributed by atoms with Crippen LogP contribution < -0.4 is 9.80 Å². The fourth-order valence-corrected chi connectivity index (χ4v) is 5.73. The van der Waals surface area contributed by atoms with Gasteiger partial charge in [-0.2, -0.15) is 0 Å². The minimum Gasteiger partial charge on any atom is -0.366 e. The first-order valence-corrected chi connectivity index (χ1v) is 13.2. The van der Waals surface area contributed by atoms with Crippen molar-refractivity contribution in [2.24, 2.45) is 0 Å². The number of likely N-dealkylation sites (N-methyl/N-ethyl adjacent to an activating group) is 1. The number of thioether (sulfide) groups is 1. The number of likely N-dealkylation sites (tertiary alicyclic amines) is 1. The van der Waals surface area contributed by atoms with Crippen LogP contribution in [0, 0.1) is 6.92 Å². The van der Waals surface area contributed by atoms with Crippen molar-refractivity contribution < 1.29 is 14.5 Å². The Morgan fingerprint density at radius 3 is 2.26 bits per heavy atom. The predicted octanol–water partition coefficient (Wildman–Crippen LogP) is 3.82. The normalized spacial score (nSPS) is 20.9. The molecule has 6 heteroatoms. The predicted molar refractivity (Wildman–Crippen MR) is 139 cm³/mol. The van der Waals surface area contributed by atoms with Crippen LogP contribution >= 0.6 is 11.8 Å². The van der Waals surface area contributed by atoms with Crippen LogP contribution in [0.1, 0.15) is 43.7 Å². The largest absolute Gasteiger partial charge is 0.366 e. The minimum absolute atomic E-state index is 0.213. The molecule has 2 heterocycles. The first-order valence-electron chi connectivity index (χ1n) is 12.4. The highest BCUT2D eigenvalue weighted by Gasteiger charge is 2.43. The van der Waals surface area contributed by atoms with E-state index in [1.807, 2.05) is 62.5 Å². The molecule has 0 unspecified atom stereocenters. The number of nitrogens with zero attached hydrogens (tertiary/aromatic N) is 2. The minimum atomic E-state index is -0.225. The Morgan fingerprint density at radius 1 is 1.00 bits per heavy atom. The lowest BCUT2D eigenvalue weighted by Gasteiger charge is -2.35. The van der Waals surface area contributed by atoms with E-state index in [-0.39, 0.29) is 17.9 Å².